The summed E-state index contributed by atoms with van der Waals surface area (Å²) in [6.45, 7) is 2.49. The predicted octanol–water partition coefficient (Wildman–Crippen LogP) is 5.28. The molecule has 0 unspecified atom stereocenters. The van der Waals surface area contributed by atoms with Gasteiger partial charge in [-0.05, 0) is 81.4 Å². The highest BCUT2D eigenvalue weighted by Gasteiger charge is 2.55. The number of halogens is 2. The lowest BCUT2D eigenvalue weighted by atomic mass is 9.99. The molecule has 218 valence electrons. The molecule has 5 atom stereocenters. The van der Waals surface area contributed by atoms with Gasteiger partial charge >= 0.3 is 19.2 Å². The summed E-state index contributed by atoms with van der Waals surface area (Å²) in [6, 6.07) is 3.73. The number of hydrogen-bond donors (Lipinski definition) is 1. The van der Waals surface area contributed by atoms with Crippen molar-refractivity contribution in [1.29, 1.82) is 0 Å². The van der Waals surface area contributed by atoms with E-state index < -0.39 is 42.8 Å². The Morgan fingerprint density at radius 3 is 2.48 bits per heavy atom. The van der Waals surface area contributed by atoms with Gasteiger partial charge in [0.05, 0.1) is 25.2 Å². The van der Waals surface area contributed by atoms with Crippen LogP contribution < -0.4 is 5.32 Å². The maximum absolute atomic E-state index is 15.3. The Bertz CT molecular complexity index is 1360. The van der Waals surface area contributed by atoms with E-state index in [2.05, 4.69) is 5.32 Å². The van der Waals surface area contributed by atoms with Crippen LogP contribution in [0.25, 0.3) is 10.1 Å². The fourth-order valence-corrected chi connectivity index (χ4v) is 8.51. The molecule has 1 saturated carbocycles. The van der Waals surface area contributed by atoms with E-state index >= 15 is 8.78 Å². The zero-order valence-electron chi connectivity index (χ0n) is 22.6. The van der Waals surface area contributed by atoms with Crippen LogP contribution >= 0.6 is 18.9 Å². The van der Waals surface area contributed by atoms with Crippen molar-refractivity contribution in [3.05, 3.63) is 34.7 Å². The highest BCUT2D eigenvalue weighted by molar-refractivity contribution is 7.54. The molecular weight excluding hydrogens is 565 g/mol. The summed E-state index contributed by atoms with van der Waals surface area (Å²) in [7, 11) is -3.48. The van der Waals surface area contributed by atoms with Crippen LogP contribution in [-0.4, -0.2) is 61.1 Å². The fraction of sp³-hybridized carbons (Fsp3) is 0.593. The predicted molar refractivity (Wildman–Crippen MR) is 144 cm³/mol. The summed E-state index contributed by atoms with van der Waals surface area (Å²) in [5, 5.41) is 3.22. The number of nitrogens with one attached hydrogen (secondary N) is 1. The average molecular weight is 599 g/mol. The van der Waals surface area contributed by atoms with Crippen LogP contribution in [0.2, 0.25) is 0 Å². The first kappa shape index (κ1) is 29.1. The third-order valence-electron chi connectivity index (χ3n) is 8.05. The van der Waals surface area contributed by atoms with E-state index in [-0.39, 0.29) is 30.0 Å². The standard InChI is InChI=1S/C27H33F2N2O7PS/c1-4-37-39(35,38-5-2)27(28,29)18-6-9-22-17(11-18)14-23(40-22)24(32)30-20-13-16-10-15(16)12-19-7-8-21(26(34)36-3)31(19)25(20)33/h6,9,11,14-16,19-21H,4-5,7-8,10,12-13H2,1-3H3,(H,30,32)/t15-,16+,19+,20-,21-/m0/s1. The highest BCUT2D eigenvalue weighted by atomic mass is 32.1. The average Bonchev–Trinajstić information content (AvgIpc) is 3.30. The molecule has 2 aliphatic heterocycles. The van der Waals surface area contributed by atoms with Crippen molar-refractivity contribution in [3.63, 3.8) is 0 Å². The SMILES string of the molecule is CCOP(=O)(OCC)C(F)(F)c1ccc2sc(C(=O)N[C@H]3C[C@H]4C[C@H]4C[C@H]4CC[C@@H](C(=O)OC)N4C3=O)cc2c1. The second-order valence-electron chi connectivity index (χ2n) is 10.5. The van der Waals surface area contributed by atoms with E-state index in [1.807, 2.05) is 0 Å². The Labute approximate surface area is 235 Å². The van der Waals surface area contributed by atoms with Crippen molar-refractivity contribution in [2.24, 2.45) is 11.8 Å². The minimum atomic E-state index is -4.78. The number of fused-ring (bicyclic) bond motifs is 3. The van der Waals surface area contributed by atoms with Gasteiger partial charge in [-0.25, -0.2) is 4.79 Å². The van der Waals surface area contributed by atoms with Crippen molar-refractivity contribution in [2.75, 3.05) is 20.3 Å². The van der Waals surface area contributed by atoms with Gasteiger partial charge in [-0.1, -0.05) is 6.07 Å². The number of ether oxygens (including phenoxy) is 1. The number of nitrogens with zero attached hydrogens (tertiary/aromatic N) is 1. The van der Waals surface area contributed by atoms with E-state index in [1.54, 1.807) is 4.90 Å². The third kappa shape index (κ3) is 5.19. The second-order valence-corrected chi connectivity index (χ2v) is 13.7. The van der Waals surface area contributed by atoms with E-state index in [1.165, 1.54) is 39.2 Å². The molecule has 0 radical (unpaired) electrons. The quantitative estimate of drug-likeness (QED) is 0.309. The van der Waals surface area contributed by atoms with Crippen molar-refractivity contribution < 1.29 is 41.5 Å². The number of rotatable bonds is 9. The summed E-state index contributed by atoms with van der Waals surface area (Å²) < 4.78 is 58.7. The zero-order valence-corrected chi connectivity index (χ0v) is 24.3. The van der Waals surface area contributed by atoms with Crippen LogP contribution in [0.5, 0.6) is 0 Å². The van der Waals surface area contributed by atoms with Crippen LogP contribution in [0.1, 0.15) is 61.2 Å². The van der Waals surface area contributed by atoms with Crippen molar-refractivity contribution >= 4 is 46.8 Å². The maximum atomic E-state index is 15.3. The molecule has 3 heterocycles. The summed E-state index contributed by atoms with van der Waals surface area (Å²) in [5.41, 5.74) is -4.44. The number of methoxy groups -OCH3 is 1. The molecule has 9 nitrogen and oxygen atoms in total. The smallest absolute Gasteiger partial charge is 0.404 e. The molecule has 2 aromatic rings. The molecule has 2 amide bonds. The largest absolute Gasteiger partial charge is 0.467 e. The monoisotopic (exact) mass is 598 g/mol. The third-order valence-corrected chi connectivity index (χ3v) is 11.3. The Hall–Kier alpha value is -2.40. The van der Waals surface area contributed by atoms with Gasteiger partial charge in [-0.2, -0.15) is 8.78 Å². The fourth-order valence-electron chi connectivity index (χ4n) is 6.03. The molecule has 2 saturated heterocycles. The van der Waals surface area contributed by atoms with Gasteiger partial charge in [0.15, 0.2) is 0 Å². The Morgan fingerprint density at radius 1 is 1.10 bits per heavy atom. The summed E-state index contributed by atoms with van der Waals surface area (Å²) >= 11 is 1.10. The molecule has 3 fully saturated rings. The van der Waals surface area contributed by atoms with E-state index in [9.17, 15) is 18.9 Å². The topological polar surface area (TPSA) is 111 Å². The number of carbonyl (C=O) groups is 3. The lowest BCUT2D eigenvalue weighted by molar-refractivity contribution is -0.153. The number of hydrogen-bond acceptors (Lipinski definition) is 8. The number of alkyl halides is 2. The lowest BCUT2D eigenvalue weighted by Crippen LogP contribution is -2.55. The van der Waals surface area contributed by atoms with E-state index in [4.69, 9.17) is 13.8 Å². The van der Waals surface area contributed by atoms with Crippen LogP contribution in [0, 0.1) is 11.8 Å². The van der Waals surface area contributed by atoms with Crippen LogP contribution in [0.3, 0.4) is 0 Å². The van der Waals surface area contributed by atoms with Gasteiger partial charge in [0, 0.05) is 16.3 Å². The molecule has 40 heavy (non-hydrogen) atoms. The van der Waals surface area contributed by atoms with Crippen LogP contribution in [-0.2, 0) is 33.6 Å². The molecule has 0 spiro atoms. The molecular formula is C27H33F2N2O7PS. The number of thiophene rings is 1. The van der Waals surface area contributed by atoms with Crippen molar-refractivity contribution in [3.8, 4) is 0 Å². The summed E-state index contributed by atoms with van der Waals surface area (Å²) in [6.07, 6.45) is 3.58. The first-order chi connectivity index (χ1) is 19.0. The summed E-state index contributed by atoms with van der Waals surface area (Å²) in [4.78, 5) is 41.2. The first-order valence-corrected chi connectivity index (χ1v) is 15.9. The molecule has 0 bridgehead atoms. The molecule has 1 aromatic carbocycles. The van der Waals surface area contributed by atoms with Gasteiger partial charge in [-0.3, -0.25) is 14.2 Å². The molecule has 1 N–H and O–H groups in total. The molecule has 5 rings (SSSR count). The second kappa shape index (κ2) is 11.1. The van der Waals surface area contributed by atoms with E-state index in [0.29, 0.717) is 34.8 Å². The zero-order chi connectivity index (χ0) is 28.8. The number of benzene rings is 1. The normalized spacial score (nSPS) is 26.6. The Morgan fingerprint density at radius 2 is 1.80 bits per heavy atom. The maximum Gasteiger partial charge on any atom is 0.404 e. The minimum absolute atomic E-state index is 0.0555. The van der Waals surface area contributed by atoms with Gasteiger partial charge < -0.3 is 24.0 Å². The van der Waals surface area contributed by atoms with Gasteiger partial charge in [0.1, 0.15) is 12.1 Å². The Balaban J connectivity index is 1.38. The number of esters is 1. The van der Waals surface area contributed by atoms with Gasteiger partial charge in [-0.15, -0.1) is 11.3 Å². The van der Waals surface area contributed by atoms with Crippen molar-refractivity contribution in [1.82, 2.24) is 10.2 Å². The van der Waals surface area contributed by atoms with Crippen LogP contribution in [0.4, 0.5) is 8.78 Å². The minimum Gasteiger partial charge on any atom is -0.467 e. The molecule has 13 heteroatoms. The van der Waals surface area contributed by atoms with E-state index in [0.717, 1.165) is 36.7 Å². The molecule has 3 aliphatic rings. The Kier molecular flexibility index (Phi) is 8.09. The molecule has 1 aliphatic carbocycles. The van der Waals surface area contributed by atoms with Crippen LogP contribution in [0.15, 0.2) is 24.3 Å². The van der Waals surface area contributed by atoms with Crippen molar-refractivity contribution in [2.45, 2.75) is 69.7 Å². The first-order valence-electron chi connectivity index (χ1n) is 13.5. The summed E-state index contributed by atoms with van der Waals surface area (Å²) in [5.74, 6) is -0.436. The number of carbonyl (C=O) groups excluding carboxylic acids is 3. The lowest BCUT2D eigenvalue weighted by Gasteiger charge is -2.34. The number of amides is 2. The molecule has 1 aromatic heterocycles. The van der Waals surface area contributed by atoms with Gasteiger partial charge in [0.2, 0.25) is 5.91 Å². The highest BCUT2D eigenvalue weighted by Crippen LogP contribution is 2.67. The van der Waals surface area contributed by atoms with Gasteiger partial charge in [0.25, 0.3) is 5.91 Å².